The van der Waals surface area contributed by atoms with Gasteiger partial charge in [-0.15, -0.1) is 11.3 Å². The summed E-state index contributed by atoms with van der Waals surface area (Å²) in [7, 11) is -3.48. The summed E-state index contributed by atoms with van der Waals surface area (Å²) < 4.78 is 38.3. The quantitative estimate of drug-likeness (QED) is 0.799. The van der Waals surface area contributed by atoms with Crippen LogP contribution in [0.3, 0.4) is 0 Å². The monoisotopic (exact) mass is 392 g/mol. The average Bonchev–Trinajstić information content (AvgIpc) is 3.07. The number of benzene rings is 1. The molecule has 1 aromatic heterocycles. The van der Waals surface area contributed by atoms with E-state index in [1.165, 1.54) is 10.4 Å². The van der Waals surface area contributed by atoms with Crippen LogP contribution in [0.2, 0.25) is 0 Å². The van der Waals surface area contributed by atoms with Crippen LogP contribution >= 0.6 is 11.3 Å². The standard InChI is InChI=1S/C18H20N2O4S2/c21-26(22,15-1-2-16-17(9-15)24-7-6-23-16)20-11-14(12-20)19-5-3-18-13(10-19)4-8-25-18/h1-2,4,8-9,14H,3,5-7,10-12H2. The molecule has 0 radical (unpaired) electrons. The van der Waals surface area contributed by atoms with Crippen LogP contribution in [0.1, 0.15) is 10.4 Å². The lowest BCUT2D eigenvalue weighted by Crippen LogP contribution is -2.61. The second-order valence-corrected chi connectivity index (χ2v) is 9.81. The van der Waals surface area contributed by atoms with Gasteiger partial charge in [0.1, 0.15) is 13.2 Å². The summed E-state index contributed by atoms with van der Waals surface area (Å²) in [6, 6.07) is 7.36. The first-order valence-corrected chi connectivity index (χ1v) is 11.1. The van der Waals surface area contributed by atoms with Gasteiger partial charge < -0.3 is 9.47 Å². The molecule has 26 heavy (non-hydrogen) atoms. The third-order valence-corrected chi connectivity index (χ3v) is 8.18. The van der Waals surface area contributed by atoms with Gasteiger partial charge in [0.15, 0.2) is 11.5 Å². The van der Waals surface area contributed by atoms with Crippen molar-refractivity contribution in [2.75, 3.05) is 32.8 Å². The van der Waals surface area contributed by atoms with Crippen molar-refractivity contribution in [1.82, 2.24) is 9.21 Å². The Balaban J connectivity index is 1.28. The highest BCUT2D eigenvalue weighted by atomic mass is 32.2. The molecule has 0 atom stereocenters. The predicted molar refractivity (Wildman–Crippen MR) is 98.4 cm³/mol. The Kier molecular flexibility index (Phi) is 3.97. The van der Waals surface area contributed by atoms with E-state index in [0.29, 0.717) is 43.8 Å². The fraction of sp³-hybridized carbons (Fsp3) is 0.444. The van der Waals surface area contributed by atoms with Crippen LogP contribution in [0.25, 0.3) is 0 Å². The lowest BCUT2D eigenvalue weighted by atomic mass is 10.0. The minimum atomic E-state index is -3.48. The van der Waals surface area contributed by atoms with E-state index < -0.39 is 10.0 Å². The van der Waals surface area contributed by atoms with Crippen LogP contribution in [0.4, 0.5) is 0 Å². The second kappa shape index (κ2) is 6.23. The molecule has 5 rings (SSSR count). The molecule has 8 heteroatoms. The molecule has 0 unspecified atom stereocenters. The molecule has 0 amide bonds. The van der Waals surface area contributed by atoms with E-state index in [9.17, 15) is 8.42 Å². The van der Waals surface area contributed by atoms with E-state index in [1.54, 1.807) is 22.5 Å². The maximum Gasteiger partial charge on any atom is 0.243 e. The SMILES string of the molecule is O=S(=O)(c1ccc2c(c1)OCCO2)N1CC(N2CCc3sccc3C2)C1. The summed E-state index contributed by atoms with van der Waals surface area (Å²) in [5.41, 5.74) is 1.40. The summed E-state index contributed by atoms with van der Waals surface area (Å²) in [5.74, 6) is 1.12. The van der Waals surface area contributed by atoms with Crippen molar-refractivity contribution in [3.63, 3.8) is 0 Å². The van der Waals surface area contributed by atoms with Crippen LogP contribution < -0.4 is 9.47 Å². The Morgan fingerprint density at radius 1 is 1.08 bits per heavy atom. The zero-order valence-electron chi connectivity index (χ0n) is 14.3. The topological polar surface area (TPSA) is 59.1 Å². The van der Waals surface area contributed by atoms with Crippen LogP contribution in [0.15, 0.2) is 34.5 Å². The van der Waals surface area contributed by atoms with Gasteiger partial charge in [0.05, 0.1) is 4.90 Å². The molecule has 0 aliphatic carbocycles. The summed E-state index contributed by atoms with van der Waals surface area (Å²) >= 11 is 1.82. The normalized spacial score (nSPS) is 21.2. The molecular formula is C18H20N2O4S2. The highest BCUT2D eigenvalue weighted by Gasteiger charge is 2.40. The highest BCUT2D eigenvalue weighted by molar-refractivity contribution is 7.89. The van der Waals surface area contributed by atoms with Crippen molar-refractivity contribution in [1.29, 1.82) is 0 Å². The highest BCUT2D eigenvalue weighted by Crippen LogP contribution is 2.35. The van der Waals surface area contributed by atoms with Crippen LogP contribution in [-0.2, 0) is 23.0 Å². The Bertz CT molecular complexity index is 934. The smallest absolute Gasteiger partial charge is 0.243 e. The number of rotatable bonds is 3. The Morgan fingerprint density at radius 3 is 2.73 bits per heavy atom. The van der Waals surface area contributed by atoms with E-state index >= 15 is 0 Å². The first-order chi connectivity index (χ1) is 12.6. The molecule has 138 valence electrons. The predicted octanol–water partition coefficient (Wildman–Crippen LogP) is 1.95. The van der Waals surface area contributed by atoms with Crippen LogP contribution in [0, 0.1) is 0 Å². The maximum absolute atomic E-state index is 12.9. The zero-order valence-corrected chi connectivity index (χ0v) is 15.9. The molecule has 3 aliphatic rings. The molecule has 1 saturated heterocycles. The molecular weight excluding hydrogens is 372 g/mol. The van der Waals surface area contributed by atoms with Crippen molar-refractivity contribution in [2.24, 2.45) is 0 Å². The number of fused-ring (bicyclic) bond motifs is 2. The lowest BCUT2D eigenvalue weighted by molar-refractivity contribution is 0.0774. The molecule has 0 N–H and O–H groups in total. The molecule has 2 aromatic rings. The molecule has 1 fully saturated rings. The van der Waals surface area contributed by atoms with Gasteiger partial charge in [0, 0.05) is 43.2 Å². The second-order valence-electron chi connectivity index (χ2n) is 6.87. The first kappa shape index (κ1) is 16.6. The number of hydrogen-bond donors (Lipinski definition) is 0. The summed E-state index contributed by atoms with van der Waals surface area (Å²) in [6.45, 7) is 3.99. The van der Waals surface area contributed by atoms with E-state index in [2.05, 4.69) is 16.3 Å². The molecule has 4 heterocycles. The summed E-state index contributed by atoms with van der Waals surface area (Å²) in [4.78, 5) is 4.16. The first-order valence-electron chi connectivity index (χ1n) is 8.80. The van der Waals surface area contributed by atoms with Crippen LogP contribution in [0.5, 0.6) is 11.5 Å². The Hall–Kier alpha value is -1.61. The van der Waals surface area contributed by atoms with E-state index in [4.69, 9.17) is 9.47 Å². The number of ether oxygens (including phenoxy) is 2. The maximum atomic E-state index is 12.9. The lowest BCUT2D eigenvalue weighted by Gasteiger charge is -2.45. The Labute approximate surface area is 157 Å². The van der Waals surface area contributed by atoms with Gasteiger partial charge in [-0.2, -0.15) is 4.31 Å². The van der Waals surface area contributed by atoms with Crippen molar-refractivity contribution in [3.8, 4) is 11.5 Å². The van der Waals surface area contributed by atoms with Crippen molar-refractivity contribution in [3.05, 3.63) is 40.1 Å². The van der Waals surface area contributed by atoms with Gasteiger partial charge in [0.2, 0.25) is 10.0 Å². The third kappa shape index (κ3) is 2.72. The average molecular weight is 393 g/mol. The molecule has 3 aliphatic heterocycles. The van der Waals surface area contributed by atoms with Crippen molar-refractivity contribution < 1.29 is 17.9 Å². The largest absolute Gasteiger partial charge is 0.486 e. The minimum Gasteiger partial charge on any atom is -0.486 e. The fourth-order valence-corrected chi connectivity index (χ4v) is 6.18. The molecule has 0 bridgehead atoms. The minimum absolute atomic E-state index is 0.277. The molecule has 0 spiro atoms. The zero-order chi connectivity index (χ0) is 17.7. The van der Waals surface area contributed by atoms with E-state index in [0.717, 1.165) is 19.5 Å². The fourth-order valence-electron chi connectivity index (χ4n) is 3.76. The Morgan fingerprint density at radius 2 is 1.88 bits per heavy atom. The summed E-state index contributed by atoms with van der Waals surface area (Å²) in [6.07, 6.45) is 1.07. The number of thiophene rings is 1. The van der Waals surface area contributed by atoms with Crippen LogP contribution in [-0.4, -0.2) is 56.5 Å². The van der Waals surface area contributed by atoms with E-state index in [-0.39, 0.29) is 4.90 Å². The van der Waals surface area contributed by atoms with Gasteiger partial charge in [-0.1, -0.05) is 0 Å². The number of nitrogens with zero attached hydrogens (tertiary/aromatic N) is 2. The molecule has 0 saturated carbocycles. The van der Waals surface area contributed by atoms with Gasteiger partial charge in [-0.05, 0) is 35.6 Å². The van der Waals surface area contributed by atoms with Crippen molar-refractivity contribution in [2.45, 2.75) is 23.9 Å². The summed E-state index contributed by atoms with van der Waals surface area (Å²) in [5, 5.41) is 2.15. The third-order valence-electron chi connectivity index (χ3n) is 5.33. The van der Waals surface area contributed by atoms with Gasteiger partial charge in [-0.3, -0.25) is 4.90 Å². The molecule has 6 nitrogen and oxygen atoms in total. The number of sulfonamides is 1. The van der Waals surface area contributed by atoms with E-state index in [1.807, 2.05) is 11.3 Å². The van der Waals surface area contributed by atoms with Gasteiger partial charge >= 0.3 is 0 Å². The van der Waals surface area contributed by atoms with Gasteiger partial charge in [-0.25, -0.2) is 8.42 Å². The number of hydrogen-bond acceptors (Lipinski definition) is 6. The molecule has 1 aromatic carbocycles. The van der Waals surface area contributed by atoms with Gasteiger partial charge in [0.25, 0.3) is 0 Å². The van der Waals surface area contributed by atoms with Crippen molar-refractivity contribution >= 4 is 21.4 Å².